The van der Waals surface area contributed by atoms with E-state index in [1.54, 1.807) is 6.07 Å². The molecule has 142 valence electrons. The molecule has 0 aliphatic carbocycles. The van der Waals surface area contributed by atoms with E-state index in [2.05, 4.69) is 23.9 Å². The first-order valence-electron chi connectivity index (χ1n) is 9.16. The van der Waals surface area contributed by atoms with Gasteiger partial charge in [0.25, 0.3) is 0 Å². The Hall–Kier alpha value is -1.89. The zero-order chi connectivity index (χ0) is 18.7. The fourth-order valence-corrected chi connectivity index (χ4v) is 3.56. The molecule has 1 N–H and O–H groups in total. The van der Waals surface area contributed by atoms with Gasteiger partial charge in [0.2, 0.25) is 0 Å². The molecule has 1 aliphatic rings. The van der Waals surface area contributed by atoms with Crippen LogP contribution in [0, 0.1) is 6.92 Å². The first-order chi connectivity index (χ1) is 12.4. The van der Waals surface area contributed by atoms with E-state index in [9.17, 15) is 9.90 Å². The number of benzene rings is 1. The van der Waals surface area contributed by atoms with Crippen LogP contribution in [0.4, 0.5) is 0 Å². The molecule has 0 bridgehead atoms. The molecule has 3 rings (SSSR count). The van der Waals surface area contributed by atoms with Crippen LogP contribution in [0.2, 0.25) is 0 Å². The molecule has 2 aromatic rings. The fraction of sp³-hybridized carbons (Fsp3) is 0.550. The molecular formula is C20H28N2O4. The topological polar surface area (TPSA) is 66.2 Å². The lowest BCUT2D eigenvalue weighted by Crippen LogP contribution is -2.45. The SMILES string of the molecule is Cc1cc(=O)oc2cc(OC[C@H](O)CN(C)C3CCN(C)CC3)ccc12. The zero-order valence-corrected chi connectivity index (χ0v) is 15.8. The molecule has 1 aromatic heterocycles. The van der Waals surface area contributed by atoms with Crippen molar-refractivity contribution in [2.24, 2.45) is 0 Å². The Balaban J connectivity index is 1.55. The maximum Gasteiger partial charge on any atom is 0.336 e. The molecule has 2 heterocycles. The van der Waals surface area contributed by atoms with Crippen molar-refractivity contribution in [1.82, 2.24) is 9.80 Å². The van der Waals surface area contributed by atoms with Crippen LogP contribution in [0.1, 0.15) is 18.4 Å². The normalized spacial score (nSPS) is 17.7. The van der Waals surface area contributed by atoms with Gasteiger partial charge >= 0.3 is 5.63 Å². The van der Waals surface area contributed by atoms with Crippen LogP contribution >= 0.6 is 0 Å². The molecule has 6 nitrogen and oxygen atoms in total. The average Bonchev–Trinajstić information content (AvgIpc) is 2.60. The highest BCUT2D eigenvalue weighted by molar-refractivity contribution is 5.81. The second kappa shape index (κ2) is 8.20. The number of aliphatic hydroxyl groups excluding tert-OH is 1. The molecule has 0 radical (unpaired) electrons. The van der Waals surface area contributed by atoms with Crippen molar-refractivity contribution in [3.05, 3.63) is 40.2 Å². The zero-order valence-electron chi connectivity index (χ0n) is 15.8. The number of piperidine rings is 1. The summed E-state index contributed by atoms with van der Waals surface area (Å²) >= 11 is 0. The lowest BCUT2D eigenvalue weighted by atomic mass is 10.0. The van der Waals surface area contributed by atoms with Crippen LogP contribution < -0.4 is 10.4 Å². The van der Waals surface area contributed by atoms with Crippen LogP contribution in [-0.2, 0) is 0 Å². The Kier molecular flexibility index (Phi) is 5.96. The Morgan fingerprint density at radius 2 is 2.08 bits per heavy atom. The third kappa shape index (κ3) is 4.63. The maximum atomic E-state index is 11.5. The number of fused-ring (bicyclic) bond motifs is 1. The molecule has 0 amide bonds. The van der Waals surface area contributed by atoms with Gasteiger partial charge in [-0.1, -0.05) is 0 Å². The molecule has 1 atom stereocenters. The Bertz CT molecular complexity index is 796. The van der Waals surface area contributed by atoms with Gasteiger partial charge in [0.15, 0.2) is 0 Å². The monoisotopic (exact) mass is 360 g/mol. The van der Waals surface area contributed by atoms with Crippen molar-refractivity contribution in [3.63, 3.8) is 0 Å². The van der Waals surface area contributed by atoms with E-state index < -0.39 is 6.10 Å². The van der Waals surface area contributed by atoms with Crippen molar-refractivity contribution >= 4 is 11.0 Å². The highest BCUT2D eigenvalue weighted by Crippen LogP contribution is 2.22. The highest BCUT2D eigenvalue weighted by Gasteiger charge is 2.22. The van der Waals surface area contributed by atoms with Crippen molar-refractivity contribution in [2.45, 2.75) is 31.9 Å². The molecule has 6 heteroatoms. The fourth-order valence-electron chi connectivity index (χ4n) is 3.56. The van der Waals surface area contributed by atoms with E-state index in [0.29, 0.717) is 23.9 Å². The van der Waals surface area contributed by atoms with Crippen molar-refractivity contribution in [3.8, 4) is 5.75 Å². The Morgan fingerprint density at radius 3 is 2.81 bits per heavy atom. The van der Waals surface area contributed by atoms with Gasteiger partial charge in [-0.2, -0.15) is 0 Å². The largest absolute Gasteiger partial charge is 0.491 e. The number of nitrogens with zero attached hydrogens (tertiary/aromatic N) is 2. The number of hydrogen-bond acceptors (Lipinski definition) is 6. The quantitative estimate of drug-likeness (QED) is 0.794. The lowest BCUT2D eigenvalue weighted by Gasteiger charge is -2.35. The number of likely N-dealkylation sites (N-methyl/N-ethyl adjacent to an activating group) is 1. The van der Waals surface area contributed by atoms with Gasteiger partial charge < -0.3 is 24.1 Å². The Morgan fingerprint density at radius 1 is 1.35 bits per heavy atom. The van der Waals surface area contributed by atoms with Crippen molar-refractivity contribution in [2.75, 3.05) is 40.3 Å². The smallest absolute Gasteiger partial charge is 0.336 e. The Labute approximate surface area is 154 Å². The van der Waals surface area contributed by atoms with Gasteiger partial charge in [0.05, 0.1) is 0 Å². The minimum absolute atomic E-state index is 0.207. The number of likely N-dealkylation sites (tertiary alicyclic amines) is 1. The molecule has 26 heavy (non-hydrogen) atoms. The molecule has 0 unspecified atom stereocenters. The summed E-state index contributed by atoms with van der Waals surface area (Å²) in [6.45, 7) is 4.86. The van der Waals surface area contributed by atoms with Gasteiger partial charge in [-0.15, -0.1) is 0 Å². The molecule has 1 fully saturated rings. The standard InChI is InChI=1S/C20H28N2O4/c1-14-10-20(24)26-19-11-17(4-5-18(14)19)25-13-16(23)12-22(3)15-6-8-21(2)9-7-15/h4-5,10-11,15-16,23H,6-9,12-13H2,1-3H3/t16-/m1/s1. The first kappa shape index (κ1) is 18.9. The number of rotatable bonds is 6. The van der Waals surface area contributed by atoms with E-state index in [4.69, 9.17) is 9.15 Å². The van der Waals surface area contributed by atoms with Gasteiger partial charge in [0, 0.05) is 30.1 Å². The van der Waals surface area contributed by atoms with Gasteiger partial charge in [-0.05, 0) is 64.6 Å². The summed E-state index contributed by atoms with van der Waals surface area (Å²) in [5.41, 5.74) is 1.01. The van der Waals surface area contributed by atoms with Gasteiger partial charge in [-0.3, -0.25) is 0 Å². The summed E-state index contributed by atoms with van der Waals surface area (Å²) in [6, 6.07) is 7.41. The minimum atomic E-state index is -0.570. The maximum absolute atomic E-state index is 11.5. The van der Waals surface area contributed by atoms with Crippen LogP contribution in [0.3, 0.4) is 0 Å². The number of aryl methyl sites for hydroxylation is 1. The van der Waals surface area contributed by atoms with E-state index in [-0.39, 0.29) is 12.2 Å². The third-order valence-electron chi connectivity index (χ3n) is 5.18. The first-order valence-corrected chi connectivity index (χ1v) is 9.16. The highest BCUT2D eigenvalue weighted by atomic mass is 16.5. The van der Waals surface area contributed by atoms with Crippen LogP contribution in [0.25, 0.3) is 11.0 Å². The van der Waals surface area contributed by atoms with Crippen molar-refractivity contribution < 1.29 is 14.3 Å². The predicted octanol–water partition coefficient (Wildman–Crippen LogP) is 1.87. The molecule has 0 spiro atoms. The summed E-state index contributed by atoms with van der Waals surface area (Å²) in [6.07, 6.45) is 1.69. The number of hydrogen-bond donors (Lipinski definition) is 1. The minimum Gasteiger partial charge on any atom is -0.491 e. The van der Waals surface area contributed by atoms with Gasteiger partial charge in [-0.25, -0.2) is 4.79 Å². The molecular weight excluding hydrogens is 332 g/mol. The van der Waals surface area contributed by atoms with E-state index in [0.717, 1.165) is 36.9 Å². The summed E-state index contributed by atoms with van der Waals surface area (Å²) < 4.78 is 10.9. The second-order valence-corrected chi connectivity index (χ2v) is 7.35. The van der Waals surface area contributed by atoms with Crippen LogP contribution in [0.5, 0.6) is 5.75 Å². The van der Waals surface area contributed by atoms with Crippen molar-refractivity contribution in [1.29, 1.82) is 0 Å². The molecule has 1 aliphatic heterocycles. The van der Waals surface area contributed by atoms with E-state index >= 15 is 0 Å². The molecule has 0 saturated carbocycles. The van der Waals surface area contributed by atoms with Crippen LogP contribution in [0.15, 0.2) is 33.5 Å². The average molecular weight is 360 g/mol. The second-order valence-electron chi connectivity index (χ2n) is 7.35. The van der Waals surface area contributed by atoms with E-state index in [1.165, 1.54) is 6.07 Å². The van der Waals surface area contributed by atoms with Gasteiger partial charge in [0.1, 0.15) is 24.0 Å². The molecule has 1 aromatic carbocycles. The number of aliphatic hydroxyl groups is 1. The third-order valence-corrected chi connectivity index (χ3v) is 5.18. The summed E-state index contributed by atoms with van der Waals surface area (Å²) in [5, 5.41) is 11.2. The molecule has 1 saturated heterocycles. The van der Waals surface area contributed by atoms with E-state index in [1.807, 2.05) is 19.1 Å². The van der Waals surface area contributed by atoms with Crippen LogP contribution in [-0.4, -0.2) is 67.4 Å². The summed E-state index contributed by atoms with van der Waals surface area (Å²) in [5.74, 6) is 0.590. The summed E-state index contributed by atoms with van der Waals surface area (Å²) in [7, 11) is 4.21. The summed E-state index contributed by atoms with van der Waals surface area (Å²) in [4.78, 5) is 16.1. The lowest BCUT2D eigenvalue weighted by molar-refractivity contribution is 0.0498. The number of ether oxygens (including phenoxy) is 1. The predicted molar refractivity (Wildman–Crippen MR) is 102 cm³/mol.